The van der Waals surface area contributed by atoms with Gasteiger partial charge in [0.1, 0.15) is 23.2 Å². The number of carbonyl (C=O) groups excluding carboxylic acids is 1. The fourth-order valence-corrected chi connectivity index (χ4v) is 3.07. The molecule has 0 aliphatic carbocycles. The van der Waals surface area contributed by atoms with Crippen molar-refractivity contribution in [3.63, 3.8) is 0 Å². The highest BCUT2D eigenvalue weighted by Gasteiger charge is 2.15. The molecule has 30 heavy (non-hydrogen) atoms. The summed E-state index contributed by atoms with van der Waals surface area (Å²) in [7, 11) is 0. The van der Waals surface area contributed by atoms with Crippen LogP contribution in [0.15, 0.2) is 58.5 Å². The van der Waals surface area contributed by atoms with E-state index in [2.05, 4.69) is 5.32 Å². The highest BCUT2D eigenvalue weighted by molar-refractivity contribution is 6.36. The molecule has 1 heterocycles. The normalized spacial score (nSPS) is 11.1. The molecule has 150 valence electrons. The summed E-state index contributed by atoms with van der Waals surface area (Å²) in [5.74, 6) is -0.173. The van der Waals surface area contributed by atoms with E-state index in [1.807, 2.05) is 0 Å². The molecule has 0 saturated heterocycles. The number of nitro groups is 1. The highest BCUT2D eigenvalue weighted by atomic mass is 35.5. The molecule has 0 spiro atoms. The molecule has 10 heteroatoms. The number of non-ortho nitro benzene ring substituents is 1. The minimum absolute atomic E-state index is 0.128. The average Bonchev–Trinajstić information content (AvgIpc) is 3.17. The maximum absolute atomic E-state index is 12.4. The van der Waals surface area contributed by atoms with Crippen molar-refractivity contribution >= 4 is 58.2 Å². The molecule has 0 atom stereocenters. The molecule has 7 nitrogen and oxygen atoms in total. The zero-order valence-electron chi connectivity index (χ0n) is 14.9. The second-order valence-electron chi connectivity index (χ2n) is 5.87. The van der Waals surface area contributed by atoms with Crippen LogP contribution in [0.25, 0.3) is 17.4 Å². The van der Waals surface area contributed by atoms with Gasteiger partial charge in [0.2, 0.25) is 0 Å². The number of benzene rings is 2. The van der Waals surface area contributed by atoms with E-state index in [1.54, 1.807) is 18.2 Å². The van der Waals surface area contributed by atoms with Gasteiger partial charge < -0.3 is 9.73 Å². The monoisotopic (exact) mass is 461 g/mol. The molecule has 3 rings (SSSR count). The predicted octanol–water partition coefficient (Wildman–Crippen LogP) is 6.36. The summed E-state index contributed by atoms with van der Waals surface area (Å²) < 4.78 is 5.62. The first kappa shape index (κ1) is 21.4. The third-order valence-electron chi connectivity index (χ3n) is 3.88. The fraction of sp³-hybridized carbons (Fsp3) is 0. The molecule has 0 radical (unpaired) electrons. The molecule has 1 N–H and O–H groups in total. The van der Waals surface area contributed by atoms with Crippen molar-refractivity contribution < 1.29 is 14.1 Å². The van der Waals surface area contributed by atoms with E-state index in [9.17, 15) is 20.2 Å². The van der Waals surface area contributed by atoms with Crippen LogP contribution in [0.3, 0.4) is 0 Å². The number of nitrogens with one attached hydrogen (secondary N) is 1. The molecule has 0 bridgehead atoms. The van der Waals surface area contributed by atoms with E-state index < -0.39 is 10.8 Å². The number of nitriles is 1. The van der Waals surface area contributed by atoms with Gasteiger partial charge in [-0.25, -0.2) is 0 Å². The van der Waals surface area contributed by atoms with E-state index in [0.717, 1.165) is 0 Å². The number of halogens is 3. The summed E-state index contributed by atoms with van der Waals surface area (Å²) >= 11 is 18.0. The van der Waals surface area contributed by atoms with Crippen molar-refractivity contribution in [2.75, 3.05) is 5.32 Å². The Labute approximate surface area is 185 Å². The number of hydrogen-bond acceptors (Lipinski definition) is 5. The van der Waals surface area contributed by atoms with Gasteiger partial charge in [-0.15, -0.1) is 0 Å². The zero-order valence-corrected chi connectivity index (χ0v) is 17.1. The third kappa shape index (κ3) is 4.81. The molecule has 2 aromatic carbocycles. The Kier molecular flexibility index (Phi) is 6.43. The first-order valence-corrected chi connectivity index (χ1v) is 9.34. The number of amides is 1. The van der Waals surface area contributed by atoms with Gasteiger partial charge in [-0.3, -0.25) is 14.9 Å². The molecule has 1 amide bonds. The number of hydrogen-bond donors (Lipinski definition) is 1. The van der Waals surface area contributed by atoms with Crippen molar-refractivity contribution in [2.45, 2.75) is 0 Å². The Morgan fingerprint density at radius 1 is 1.10 bits per heavy atom. The molecule has 0 aliphatic heterocycles. The van der Waals surface area contributed by atoms with Crippen LogP contribution >= 0.6 is 34.8 Å². The van der Waals surface area contributed by atoms with Crippen molar-refractivity contribution in [1.82, 2.24) is 0 Å². The maximum Gasteiger partial charge on any atom is 0.270 e. The van der Waals surface area contributed by atoms with Crippen molar-refractivity contribution in [2.24, 2.45) is 0 Å². The second kappa shape index (κ2) is 9.01. The van der Waals surface area contributed by atoms with Gasteiger partial charge in [-0.05, 0) is 36.4 Å². The lowest BCUT2D eigenvalue weighted by molar-refractivity contribution is -0.384. The summed E-state index contributed by atoms with van der Waals surface area (Å²) in [4.78, 5) is 22.7. The summed E-state index contributed by atoms with van der Waals surface area (Å²) in [5, 5.41) is 23.4. The van der Waals surface area contributed by atoms with Crippen molar-refractivity contribution in [3.8, 4) is 17.4 Å². The summed E-state index contributed by atoms with van der Waals surface area (Å²) in [6.07, 6.45) is 1.25. The number of anilines is 1. The smallest absolute Gasteiger partial charge is 0.270 e. The molecular formula is C20H10Cl3N3O4. The van der Waals surface area contributed by atoms with Crippen LogP contribution in [-0.4, -0.2) is 10.8 Å². The Bertz CT molecular complexity index is 1230. The standard InChI is InChI=1S/C20H10Cl3N3O4/c21-12-1-5-16(22)18(8-12)25-20(27)11(10-24)7-14-3-6-19(30-14)15-4-2-13(26(28)29)9-17(15)23/h1-9H,(H,25,27)/b11-7-. The van der Waals surface area contributed by atoms with Crippen LogP contribution in [0.1, 0.15) is 5.76 Å². The molecule has 3 aromatic rings. The molecule has 0 saturated carbocycles. The quantitative estimate of drug-likeness (QED) is 0.205. The summed E-state index contributed by atoms with van der Waals surface area (Å²) in [6.45, 7) is 0. The van der Waals surface area contributed by atoms with E-state index in [0.29, 0.717) is 16.3 Å². The molecule has 1 aromatic heterocycles. The Morgan fingerprint density at radius 3 is 2.53 bits per heavy atom. The van der Waals surface area contributed by atoms with Crippen LogP contribution in [0, 0.1) is 21.4 Å². The van der Waals surface area contributed by atoms with Crippen LogP contribution < -0.4 is 5.32 Å². The molecule has 0 fully saturated rings. The van der Waals surface area contributed by atoms with Crippen LogP contribution in [0.2, 0.25) is 15.1 Å². The van der Waals surface area contributed by atoms with Gasteiger partial charge >= 0.3 is 0 Å². The van der Waals surface area contributed by atoms with Gasteiger partial charge in [0.25, 0.3) is 11.6 Å². The summed E-state index contributed by atoms with van der Waals surface area (Å²) in [6, 6.07) is 13.4. The van der Waals surface area contributed by atoms with E-state index in [4.69, 9.17) is 39.2 Å². The Morgan fingerprint density at radius 2 is 1.87 bits per heavy atom. The van der Waals surface area contributed by atoms with Crippen LogP contribution in [-0.2, 0) is 4.79 Å². The molecular weight excluding hydrogens is 453 g/mol. The summed E-state index contributed by atoms with van der Waals surface area (Å²) in [5.41, 5.74) is 0.295. The lowest BCUT2D eigenvalue weighted by atomic mass is 10.1. The minimum Gasteiger partial charge on any atom is -0.457 e. The second-order valence-corrected chi connectivity index (χ2v) is 7.12. The third-order valence-corrected chi connectivity index (χ3v) is 4.76. The van der Waals surface area contributed by atoms with Gasteiger partial charge in [-0.1, -0.05) is 34.8 Å². The number of carbonyl (C=O) groups is 1. The largest absolute Gasteiger partial charge is 0.457 e. The van der Waals surface area contributed by atoms with E-state index >= 15 is 0 Å². The zero-order chi connectivity index (χ0) is 21.8. The van der Waals surface area contributed by atoms with Crippen molar-refractivity contribution in [1.29, 1.82) is 5.26 Å². The first-order chi connectivity index (χ1) is 14.3. The maximum atomic E-state index is 12.4. The SMILES string of the molecule is N#C/C(=C/c1ccc(-c2ccc([N+](=O)[O-])cc2Cl)o1)C(=O)Nc1cc(Cl)ccc1Cl. The van der Waals surface area contributed by atoms with Gasteiger partial charge in [-0.2, -0.15) is 5.26 Å². The van der Waals surface area contributed by atoms with Crippen LogP contribution in [0.4, 0.5) is 11.4 Å². The fourth-order valence-electron chi connectivity index (χ4n) is 2.47. The number of nitro benzene ring substituents is 1. The van der Waals surface area contributed by atoms with Gasteiger partial charge in [0.15, 0.2) is 0 Å². The van der Waals surface area contributed by atoms with Gasteiger partial charge in [0.05, 0.1) is 20.7 Å². The minimum atomic E-state index is -0.701. The topological polar surface area (TPSA) is 109 Å². The van der Waals surface area contributed by atoms with E-state index in [1.165, 1.54) is 42.5 Å². The Hall–Kier alpha value is -3.31. The number of furan rings is 1. The van der Waals surface area contributed by atoms with E-state index in [-0.39, 0.29) is 32.8 Å². The van der Waals surface area contributed by atoms with Crippen molar-refractivity contribution in [3.05, 3.63) is 85.0 Å². The highest BCUT2D eigenvalue weighted by Crippen LogP contribution is 2.33. The van der Waals surface area contributed by atoms with Crippen LogP contribution in [0.5, 0.6) is 0 Å². The molecule has 0 aliphatic rings. The number of nitrogens with zero attached hydrogens (tertiary/aromatic N) is 2. The number of rotatable bonds is 5. The average molecular weight is 463 g/mol. The lowest BCUT2D eigenvalue weighted by Gasteiger charge is -2.06. The molecule has 0 unspecified atom stereocenters. The first-order valence-electron chi connectivity index (χ1n) is 8.21. The Balaban J connectivity index is 1.85. The lowest BCUT2D eigenvalue weighted by Crippen LogP contribution is -2.13. The predicted molar refractivity (Wildman–Crippen MR) is 114 cm³/mol. The van der Waals surface area contributed by atoms with Gasteiger partial charge in [0, 0.05) is 28.8 Å².